The van der Waals surface area contributed by atoms with Crippen molar-refractivity contribution in [1.29, 1.82) is 0 Å². The van der Waals surface area contributed by atoms with Crippen molar-refractivity contribution in [1.82, 2.24) is 10.3 Å². The Labute approximate surface area is 178 Å². The number of amides is 3. The summed E-state index contributed by atoms with van der Waals surface area (Å²) < 4.78 is 1.01. The van der Waals surface area contributed by atoms with Gasteiger partial charge in [0.05, 0.1) is 0 Å². The van der Waals surface area contributed by atoms with Gasteiger partial charge in [0.25, 0.3) is 5.91 Å². The number of imide groups is 1. The molecule has 0 aliphatic heterocycles. The van der Waals surface area contributed by atoms with Crippen LogP contribution in [0.15, 0.2) is 53.0 Å². The lowest BCUT2D eigenvalue weighted by molar-refractivity contribution is 0.0966. The molecular formula is C23H22BrN3O2. The van der Waals surface area contributed by atoms with Gasteiger partial charge in [0.1, 0.15) is 5.82 Å². The molecule has 1 aromatic heterocycles. The van der Waals surface area contributed by atoms with Gasteiger partial charge in [-0.2, -0.15) is 0 Å². The second kappa shape index (κ2) is 8.57. The number of nitrogens with one attached hydrogen (secondary N) is 2. The molecular weight excluding hydrogens is 430 g/mol. The molecule has 0 aliphatic carbocycles. The molecule has 0 radical (unpaired) electrons. The van der Waals surface area contributed by atoms with Gasteiger partial charge in [-0.25, -0.2) is 9.78 Å². The highest BCUT2D eigenvalue weighted by Crippen LogP contribution is 2.29. The highest BCUT2D eigenvalue weighted by Gasteiger charge is 2.16. The molecule has 5 nitrogen and oxygen atoms in total. The average Bonchev–Trinajstić information content (AvgIpc) is 2.62. The van der Waals surface area contributed by atoms with Crippen molar-refractivity contribution >= 4 is 33.7 Å². The van der Waals surface area contributed by atoms with Gasteiger partial charge < -0.3 is 0 Å². The van der Waals surface area contributed by atoms with E-state index < -0.39 is 11.9 Å². The molecule has 6 heteroatoms. The van der Waals surface area contributed by atoms with E-state index in [0.717, 1.165) is 38.0 Å². The molecule has 0 aliphatic rings. The Kier molecular flexibility index (Phi) is 6.13. The first kappa shape index (κ1) is 20.7. The largest absolute Gasteiger partial charge is 0.327 e. The highest BCUT2D eigenvalue weighted by atomic mass is 79.9. The molecule has 0 spiro atoms. The predicted molar refractivity (Wildman–Crippen MR) is 119 cm³/mol. The topological polar surface area (TPSA) is 71.1 Å². The van der Waals surface area contributed by atoms with E-state index in [-0.39, 0.29) is 0 Å². The molecule has 2 aromatic carbocycles. The molecule has 0 unspecified atom stereocenters. The minimum absolute atomic E-state index is 0.396. The third-order valence-corrected chi connectivity index (χ3v) is 5.24. The fourth-order valence-corrected chi connectivity index (χ4v) is 3.70. The molecule has 29 heavy (non-hydrogen) atoms. The van der Waals surface area contributed by atoms with Gasteiger partial charge in [-0.3, -0.25) is 15.4 Å². The molecule has 0 saturated carbocycles. The number of hydrogen-bond acceptors (Lipinski definition) is 3. The molecule has 0 atom stereocenters. The van der Waals surface area contributed by atoms with Crippen LogP contribution in [0.3, 0.4) is 0 Å². The minimum Gasteiger partial charge on any atom is -0.292 e. The second-order valence-corrected chi connectivity index (χ2v) is 7.88. The van der Waals surface area contributed by atoms with E-state index in [2.05, 4.69) is 31.5 Å². The van der Waals surface area contributed by atoms with E-state index in [1.54, 1.807) is 6.07 Å². The van der Waals surface area contributed by atoms with Crippen LogP contribution in [0.1, 0.15) is 32.7 Å². The maximum absolute atomic E-state index is 12.5. The molecule has 3 amide bonds. The lowest BCUT2D eigenvalue weighted by Crippen LogP contribution is -2.35. The Morgan fingerprint density at radius 2 is 1.52 bits per heavy atom. The first-order chi connectivity index (χ1) is 13.8. The molecule has 0 bridgehead atoms. The first-order valence-corrected chi connectivity index (χ1v) is 9.98. The van der Waals surface area contributed by atoms with Crippen LogP contribution < -0.4 is 10.6 Å². The van der Waals surface area contributed by atoms with Crippen molar-refractivity contribution in [2.45, 2.75) is 27.7 Å². The van der Waals surface area contributed by atoms with E-state index in [9.17, 15) is 9.59 Å². The quantitative estimate of drug-likeness (QED) is 0.535. The number of aromatic nitrogens is 1. The Bertz CT molecular complexity index is 1050. The first-order valence-electron chi connectivity index (χ1n) is 9.19. The molecule has 3 rings (SSSR count). The van der Waals surface area contributed by atoms with Gasteiger partial charge in [-0.15, -0.1) is 0 Å². The number of anilines is 1. The van der Waals surface area contributed by atoms with Crippen LogP contribution in [-0.4, -0.2) is 16.9 Å². The number of rotatable bonds is 3. The van der Waals surface area contributed by atoms with Crippen LogP contribution in [0, 0.1) is 27.7 Å². The fraction of sp³-hybridized carbons (Fsp3) is 0.174. The summed E-state index contributed by atoms with van der Waals surface area (Å²) in [6.45, 7) is 7.55. The van der Waals surface area contributed by atoms with Crippen LogP contribution in [0.5, 0.6) is 0 Å². The number of carbonyl (C=O) groups excluding carboxylic acids is 2. The number of halogens is 1. The zero-order chi connectivity index (χ0) is 21.1. The maximum Gasteiger partial charge on any atom is 0.327 e. The summed E-state index contributed by atoms with van der Waals surface area (Å²) in [6.07, 6.45) is 0. The number of nitrogens with zero attached hydrogens (tertiary/aromatic N) is 1. The van der Waals surface area contributed by atoms with Crippen molar-refractivity contribution < 1.29 is 9.59 Å². The van der Waals surface area contributed by atoms with Crippen LogP contribution in [-0.2, 0) is 0 Å². The zero-order valence-corrected chi connectivity index (χ0v) is 18.3. The Morgan fingerprint density at radius 3 is 2.10 bits per heavy atom. The van der Waals surface area contributed by atoms with E-state index in [1.807, 2.05) is 70.2 Å². The van der Waals surface area contributed by atoms with Gasteiger partial charge in [-0.1, -0.05) is 46.3 Å². The average molecular weight is 452 g/mol. The van der Waals surface area contributed by atoms with Crippen LogP contribution in [0.25, 0.3) is 11.1 Å². The van der Waals surface area contributed by atoms with Crippen LogP contribution in [0.2, 0.25) is 0 Å². The lowest BCUT2D eigenvalue weighted by atomic mass is 9.99. The summed E-state index contributed by atoms with van der Waals surface area (Å²) in [5, 5.41) is 5.05. The Hall–Kier alpha value is -2.99. The van der Waals surface area contributed by atoms with Gasteiger partial charge in [0, 0.05) is 21.3 Å². The van der Waals surface area contributed by atoms with Crippen molar-refractivity contribution in [3.63, 3.8) is 0 Å². The van der Waals surface area contributed by atoms with E-state index in [4.69, 9.17) is 0 Å². The predicted octanol–water partition coefficient (Wildman–Crippen LogP) is 5.71. The highest BCUT2D eigenvalue weighted by molar-refractivity contribution is 9.10. The number of pyridine rings is 1. The van der Waals surface area contributed by atoms with Gasteiger partial charge in [0.2, 0.25) is 0 Å². The van der Waals surface area contributed by atoms with E-state index >= 15 is 0 Å². The normalized spacial score (nSPS) is 10.5. The molecule has 1 heterocycles. The number of benzene rings is 2. The molecule has 148 valence electrons. The number of carbonyl (C=O) groups is 2. The maximum atomic E-state index is 12.5. The number of urea groups is 1. The van der Waals surface area contributed by atoms with Crippen LogP contribution >= 0.6 is 15.9 Å². The summed E-state index contributed by atoms with van der Waals surface area (Å²) in [5.74, 6) is -0.0364. The molecule has 0 fully saturated rings. The summed E-state index contributed by atoms with van der Waals surface area (Å²) in [7, 11) is 0. The van der Waals surface area contributed by atoms with Crippen molar-refractivity contribution in [2.24, 2.45) is 0 Å². The standard InChI is InChI=1S/C23H22BrN3O2/c1-13-6-5-7-14(2)20(13)22(28)27-23(29)26-19-12-15(3)21(16(4)25-19)17-8-10-18(24)11-9-17/h5-12H,1-4H3,(H2,25,26,27,28,29). The van der Waals surface area contributed by atoms with Crippen LogP contribution in [0.4, 0.5) is 10.6 Å². The summed E-state index contributed by atoms with van der Waals surface area (Å²) in [6, 6.07) is 14.7. The second-order valence-electron chi connectivity index (χ2n) is 6.97. The monoisotopic (exact) mass is 451 g/mol. The summed E-state index contributed by atoms with van der Waals surface area (Å²) >= 11 is 3.44. The molecule has 3 aromatic rings. The number of hydrogen-bond donors (Lipinski definition) is 2. The van der Waals surface area contributed by atoms with Gasteiger partial charge in [0.15, 0.2) is 0 Å². The summed E-state index contributed by atoms with van der Waals surface area (Å²) in [5.41, 5.74) is 6.00. The number of aryl methyl sites for hydroxylation is 4. The van der Waals surface area contributed by atoms with Crippen molar-refractivity contribution in [3.05, 3.63) is 81.0 Å². The molecule has 2 N–H and O–H groups in total. The van der Waals surface area contributed by atoms with E-state index in [1.165, 1.54) is 0 Å². The minimum atomic E-state index is -0.611. The SMILES string of the molecule is Cc1cccc(C)c1C(=O)NC(=O)Nc1cc(C)c(-c2ccc(Br)cc2)c(C)n1. The lowest BCUT2D eigenvalue weighted by Gasteiger charge is -2.14. The van der Waals surface area contributed by atoms with Gasteiger partial charge >= 0.3 is 6.03 Å². The Balaban J connectivity index is 1.77. The summed E-state index contributed by atoms with van der Waals surface area (Å²) in [4.78, 5) is 29.3. The van der Waals surface area contributed by atoms with Gasteiger partial charge in [-0.05, 0) is 68.1 Å². The van der Waals surface area contributed by atoms with Crippen molar-refractivity contribution in [3.8, 4) is 11.1 Å². The van der Waals surface area contributed by atoms with E-state index in [0.29, 0.717) is 11.4 Å². The zero-order valence-electron chi connectivity index (χ0n) is 16.8. The van der Waals surface area contributed by atoms with Crippen molar-refractivity contribution in [2.75, 3.05) is 5.32 Å². The smallest absolute Gasteiger partial charge is 0.292 e. The third kappa shape index (κ3) is 4.71. The third-order valence-electron chi connectivity index (χ3n) is 4.71. The Morgan fingerprint density at radius 1 is 0.897 bits per heavy atom. The fourth-order valence-electron chi connectivity index (χ4n) is 3.43. The molecule has 0 saturated heterocycles.